The van der Waals surface area contributed by atoms with Crippen LogP contribution in [0.1, 0.15) is 38.8 Å². The van der Waals surface area contributed by atoms with Gasteiger partial charge in [0.25, 0.3) is 0 Å². The molecule has 0 saturated heterocycles. The first-order valence-electron chi connectivity index (χ1n) is 10.7. The molecule has 4 unspecified atom stereocenters. The molecule has 1 aromatic rings. The molecular formula is C20H31N7O8. The molecule has 0 aliphatic heterocycles. The fraction of sp³-hybridized carbons (Fsp3) is 0.550. The molecule has 35 heavy (non-hydrogen) atoms. The summed E-state index contributed by atoms with van der Waals surface area (Å²) in [5.41, 5.74) is 11.6. The highest BCUT2D eigenvalue weighted by Gasteiger charge is 2.32. The van der Waals surface area contributed by atoms with Gasteiger partial charge in [0, 0.05) is 24.7 Å². The molecular weight excluding hydrogens is 466 g/mol. The topological polar surface area (TPSA) is 260 Å². The Bertz CT molecular complexity index is 919. The number of nitrogens with one attached hydrogen (secondary N) is 4. The van der Waals surface area contributed by atoms with Crippen LogP contribution in [0.3, 0.4) is 0 Å². The van der Waals surface area contributed by atoms with Crippen LogP contribution in [-0.2, 0) is 35.2 Å². The quantitative estimate of drug-likeness (QED) is 0.123. The summed E-state index contributed by atoms with van der Waals surface area (Å²) in [6.07, 6.45) is 1.35. The molecule has 0 aliphatic rings. The number of carbonyl (C=O) groups is 6. The fourth-order valence-electron chi connectivity index (χ4n) is 2.99. The van der Waals surface area contributed by atoms with Crippen molar-refractivity contribution in [3.8, 4) is 0 Å². The van der Waals surface area contributed by atoms with E-state index in [0.717, 1.165) is 0 Å². The molecule has 0 spiro atoms. The second-order valence-corrected chi connectivity index (χ2v) is 8.18. The van der Waals surface area contributed by atoms with E-state index in [2.05, 4.69) is 25.9 Å². The van der Waals surface area contributed by atoms with Crippen molar-refractivity contribution in [2.45, 2.75) is 63.7 Å². The molecule has 15 nitrogen and oxygen atoms in total. The lowest BCUT2D eigenvalue weighted by Crippen LogP contribution is -2.58. The number of nitrogens with zero attached hydrogens (tertiary/aromatic N) is 1. The van der Waals surface area contributed by atoms with Crippen LogP contribution in [0.4, 0.5) is 0 Å². The minimum atomic E-state index is -1.52. The molecule has 1 heterocycles. The SMILES string of the molecule is CC(C)C(NC(=O)C(CCC(=O)O)NC(=O)C(CC(N)=O)NC(=O)C(N)Cc1cnc[nH]1)C(=O)O. The van der Waals surface area contributed by atoms with Crippen molar-refractivity contribution in [3.05, 3.63) is 18.2 Å². The number of primary amides is 1. The molecule has 194 valence electrons. The number of rotatable bonds is 15. The fourth-order valence-corrected chi connectivity index (χ4v) is 2.99. The van der Waals surface area contributed by atoms with Gasteiger partial charge in [0.05, 0.1) is 18.8 Å². The maximum absolute atomic E-state index is 12.8. The molecule has 0 aromatic carbocycles. The monoisotopic (exact) mass is 497 g/mol. The van der Waals surface area contributed by atoms with Gasteiger partial charge >= 0.3 is 11.9 Å². The number of amides is 4. The number of imidazole rings is 1. The highest BCUT2D eigenvalue weighted by Crippen LogP contribution is 2.06. The molecule has 4 atom stereocenters. The van der Waals surface area contributed by atoms with E-state index in [9.17, 15) is 33.9 Å². The molecule has 10 N–H and O–H groups in total. The largest absolute Gasteiger partial charge is 0.481 e. The predicted octanol–water partition coefficient (Wildman–Crippen LogP) is -2.79. The Hall–Kier alpha value is -4.01. The number of carboxylic acid groups (broad SMARTS) is 2. The number of carbonyl (C=O) groups excluding carboxylic acids is 4. The third-order valence-corrected chi connectivity index (χ3v) is 4.88. The van der Waals surface area contributed by atoms with Crippen molar-refractivity contribution >= 4 is 35.6 Å². The lowest BCUT2D eigenvalue weighted by molar-refractivity contribution is -0.144. The Labute approximate surface area is 200 Å². The first-order valence-corrected chi connectivity index (χ1v) is 10.7. The predicted molar refractivity (Wildman–Crippen MR) is 119 cm³/mol. The standard InChI is InChI=1S/C20H31N7O8/c1-9(2)16(20(34)35)27-18(32)12(3-4-15(29)30)25-19(33)13(6-14(22)28)26-17(31)11(21)5-10-7-23-8-24-10/h7-9,11-13,16H,3-6,21H2,1-2H3,(H2,22,28)(H,23,24)(H,25,33)(H,26,31)(H,27,32)(H,29,30)(H,34,35). The van der Waals surface area contributed by atoms with Crippen LogP contribution < -0.4 is 27.4 Å². The van der Waals surface area contributed by atoms with Gasteiger partial charge in [0.15, 0.2) is 0 Å². The smallest absolute Gasteiger partial charge is 0.326 e. The number of aromatic nitrogens is 2. The average molecular weight is 498 g/mol. The van der Waals surface area contributed by atoms with Crippen molar-refractivity contribution in [2.24, 2.45) is 17.4 Å². The van der Waals surface area contributed by atoms with Crippen molar-refractivity contribution < 1.29 is 39.0 Å². The molecule has 15 heteroatoms. The third kappa shape index (κ3) is 10.2. The number of hydrogen-bond donors (Lipinski definition) is 8. The van der Waals surface area contributed by atoms with Gasteiger partial charge in [-0.2, -0.15) is 0 Å². The average Bonchev–Trinajstić information content (AvgIpc) is 3.25. The number of aromatic amines is 1. The number of H-pyrrole nitrogens is 1. The molecule has 0 aliphatic carbocycles. The van der Waals surface area contributed by atoms with E-state index in [-0.39, 0.29) is 12.8 Å². The Kier molecular flexibility index (Phi) is 11.3. The summed E-state index contributed by atoms with van der Waals surface area (Å²) >= 11 is 0. The highest BCUT2D eigenvalue weighted by molar-refractivity contribution is 5.96. The van der Waals surface area contributed by atoms with Crippen LogP contribution in [0.25, 0.3) is 0 Å². The Morgan fingerprint density at radius 1 is 1.00 bits per heavy atom. The zero-order chi connectivity index (χ0) is 26.7. The highest BCUT2D eigenvalue weighted by atomic mass is 16.4. The summed E-state index contributed by atoms with van der Waals surface area (Å²) in [5.74, 6) is -6.77. The van der Waals surface area contributed by atoms with Gasteiger partial charge in [-0.3, -0.25) is 24.0 Å². The van der Waals surface area contributed by atoms with E-state index in [0.29, 0.717) is 5.69 Å². The normalized spacial score (nSPS) is 14.3. The number of carboxylic acids is 2. The lowest BCUT2D eigenvalue weighted by atomic mass is 10.0. The minimum Gasteiger partial charge on any atom is -0.481 e. The molecule has 0 bridgehead atoms. The molecule has 1 rings (SSSR count). The van der Waals surface area contributed by atoms with Gasteiger partial charge in [-0.05, 0) is 12.3 Å². The zero-order valence-corrected chi connectivity index (χ0v) is 19.3. The van der Waals surface area contributed by atoms with E-state index in [1.807, 2.05) is 0 Å². The second kappa shape index (κ2) is 13.6. The van der Waals surface area contributed by atoms with E-state index < -0.39 is 78.5 Å². The van der Waals surface area contributed by atoms with Gasteiger partial charge in [0.2, 0.25) is 23.6 Å². The Morgan fingerprint density at radius 3 is 2.09 bits per heavy atom. The van der Waals surface area contributed by atoms with Crippen molar-refractivity contribution in [1.82, 2.24) is 25.9 Å². The van der Waals surface area contributed by atoms with Crippen molar-refractivity contribution in [2.75, 3.05) is 0 Å². The van der Waals surface area contributed by atoms with Gasteiger partial charge in [0.1, 0.15) is 18.1 Å². The summed E-state index contributed by atoms with van der Waals surface area (Å²) < 4.78 is 0. The summed E-state index contributed by atoms with van der Waals surface area (Å²) in [7, 11) is 0. The van der Waals surface area contributed by atoms with Crippen molar-refractivity contribution in [1.29, 1.82) is 0 Å². The van der Waals surface area contributed by atoms with E-state index >= 15 is 0 Å². The molecule has 4 amide bonds. The number of nitrogens with two attached hydrogens (primary N) is 2. The van der Waals surface area contributed by atoms with Gasteiger partial charge < -0.3 is 42.6 Å². The maximum Gasteiger partial charge on any atom is 0.326 e. The maximum atomic E-state index is 12.8. The van der Waals surface area contributed by atoms with Crippen molar-refractivity contribution in [3.63, 3.8) is 0 Å². The first-order chi connectivity index (χ1) is 16.3. The van der Waals surface area contributed by atoms with E-state index in [1.165, 1.54) is 12.5 Å². The molecule has 0 saturated carbocycles. The zero-order valence-electron chi connectivity index (χ0n) is 19.3. The molecule has 1 aromatic heterocycles. The molecule has 0 radical (unpaired) electrons. The number of hydrogen-bond acceptors (Lipinski definition) is 8. The van der Waals surface area contributed by atoms with Crippen LogP contribution in [0.2, 0.25) is 0 Å². The Balaban J connectivity index is 2.98. The summed E-state index contributed by atoms with van der Waals surface area (Å²) in [6.45, 7) is 3.10. The van der Waals surface area contributed by atoms with Crippen LogP contribution in [0.5, 0.6) is 0 Å². The number of aliphatic carboxylic acids is 2. The minimum absolute atomic E-state index is 0.0478. The second-order valence-electron chi connectivity index (χ2n) is 8.18. The van der Waals surface area contributed by atoms with Crippen LogP contribution in [0.15, 0.2) is 12.5 Å². The summed E-state index contributed by atoms with van der Waals surface area (Å²) in [4.78, 5) is 78.4. The van der Waals surface area contributed by atoms with Gasteiger partial charge in [-0.15, -0.1) is 0 Å². The molecule has 0 fully saturated rings. The Morgan fingerprint density at radius 2 is 1.60 bits per heavy atom. The first kappa shape index (κ1) is 29.0. The van der Waals surface area contributed by atoms with Gasteiger partial charge in [-0.25, -0.2) is 9.78 Å². The van der Waals surface area contributed by atoms with Gasteiger partial charge in [-0.1, -0.05) is 13.8 Å². The summed E-state index contributed by atoms with van der Waals surface area (Å²) in [5, 5.41) is 25.1. The lowest BCUT2D eigenvalue weighted by Gasteiger charge is -2.25. The van der Waals surface area contributed by atoms with E-state index in [1.54, 1.807) is 13.8 Å². The van der Waals surface area contributed by atoms with Crippen LogP contribution in [0, 0.1) is 5.92 Å². The third-order valence-electron chi connectivity index (χ3n) is 4.88. The van der Waals surface area contributed by atoms with Crippen LogP contribution in [-0.4, -0.2) is 79.9 Å². The van der Waals surface area contributed by atoms with Crippen LogP contribution >= 0.6 is 0 Å². The summed E-state index contributed by atoms with van der Waals surface area (Å²) in [6, 6.07) is -5.40. The van der Waals surface area contributed by atoms with E-state index in [4.69, 9.17) is 16.6 Å².